The minimum absolute atomic E-state index is 0. The molecule has 0 aromatic carbocycles. The van der Waals surface area contributed by atoms with E-state index in [1.165, 1.54) is 25.9 Å². The Hall–Kier alpha value is -0.300. The summed E-state index contributed by atoms with van der Waals surface area (Å²) in [5.74, 6) is 0. The summed E-state index contributed by atoms with van der Waals surface area (Å²) in [6.45, 7) is 8.61. The molecule has 0 aliphatic carbocycles. The SMILES string of the molecule is C.C=CC1(C)CCN(C)CC1. The molecule has 1 saturated heterocycles. The lowest BCUT2D eigenvalue weighted by Crippen LogP contribution is -2.34. The predicted octanol–water partition coefficient (Wildman–Crippen LogP) is 2.54. The summed E-state index contributed by atoms with van der Waals surface area (Å²) >= 11 is 0. The van der Waals surface area contributed by atoms with Gasteiger partial charge in [-0.25, -0.2) is 0 Å². The summed E-state index contributed by atoms with van der Waals surface area (Å²) in [5.41, 5.74) is 0.423. The van der Waals surface area contributed by atoms with Gasteiger partial charge in [0.25, 0.3) is 0 Å². The second-order valence-electron chi connectivity index (χ2n) is 3.66. The van der Waals surface area contributed by atoms with Crippen molar-refractivity contribution in [1.29, 1.82) is 0 Å². The molecule has 1 fully saturated rings. The van der Waals surface area contributed by atoms with Gasteiger partial charge in [0.2, 0.25) is 0 Å². The molecule has 1 heteroatoms. The molecule has 1 nitrogen and oxygen atoms in total. The Morgan fingerprint density at radius 1 is 1.36 bits per heavy atom. The standard InChI is InChI=1S/C9H17N.CH4/c1-4-9(2)5-7-10(3)8-6-9;/h4H,1,5-8H2,2-3H3;1H4. The van der Waals surface area contributed by atoms with Gasteiger partial charge in [-0.15, -0.1) is 6.58 Å². The monoisotopic (exact) mass is 155 g/mol. The van der Waals surface area contributed by atoms with Gasteiger partial charge in [0.05, 0.1) is 0 Å². The highest BCUT2D eigenvalue weighted by atomic mass is 15.1. The first-order valence-electron chi connectivity index (χ1n) is 3.98. The van der Waals surface area contributed by atoms with E-state index in [0.29, 0.717) is 5.41 Å². The zero-order valence-corrected chi connectivity index (χ0v) is 7.06. The Bertz CT molecular complexity index is 121. The van der Waals surface area contributed by atoms with Gasteiger partial charge >= 0.3 is 0 Å². The fourth-order valence-corrected chi connectivity index (χ4v) is 1.33. The molecule has 1 aliphatic heterocycles. The van der Waals surface area contributed by atoms with Crippen LogP contribution >= 0.6 is 0 Å². The number of hydrogen-bond acceptors (Lipinski definition) is 1. The van der Waals surface area contributed by atoms with Crippen LogP contribution in [0.1, 0.15) is 27.2 Å². The summed E-state index contributed by atoms with van der Waals surface area (Å²) < 4.78 is 0. The van der Waals surface area contributed by atoms with Gasteiger partial charge in [-0.3, -0.25) is 0 Å². The molecule has 0 unspecified atom stereocenters. The van der Waals surface area contributed by atoms with Crippen LogP contribution in [0.25, 0.3) is 0 Å². The van der Waals surface area contributed by atoms with E-state index in [2.05, 4.69) is 31.5 Å². The van der Waals surface area contributed by atoms with Crippen LogP contribution in [0.3, 0.4) is 0 Å². The number of hydrogen-bond donors (Lipinski definition) is 0. The van der Waals surface area contributed by atoms with Gasteiger partial charge in [-0.1, -0.05) is 20.4 Å². The Morgan fingerprint density at radius 2 is 1.82 bits per heavy atom. The number of piperidine rings is 1. The molecular weight excluding hydrogens is 134 g/mol. The van der Waals surface area contributed by atoms with Gasteiger partial charge in [0.15, 0.2) is 0 Å². The van der Waals surface area contributed by atoms with Crippen LogP contribution in [0.5, 0.6) is 0 Å². The van der Waals surface area contributed by atoms with E-state index >= 15 is 0 Å². The number of allylic oxidation sites excluding steroid dienone is 1. The van der Waals surface area contributed by atoms with Crippen LogP contribution in [0.2, 0.25) is 0 Å². The van der Waals surface area contributed by atoms with Crippen LogP contribution in [-0.4, -0.2) is 25.0 Å². The Labute approximate surface area is 71.1 Å². The summed E-state index contributed by atoms with van der Waals surface area (Å²) in [6.07, 6.45) is 4.65. The van der Waals surface area contributed by atoms with Gasteiger partial charge in [0, 0.05) is 0 Å². The molecule has 0 bridgehead atoms. The van der Waals surface area contributed by atoms with E-state index < -0.39 is 0 Å². The Kier molecular flexibility index (Phi) is 3.81. The molecule has 0 aromatic heterocycles. The van der Waals surface area contributed by atoms with E-state index in [9.17, 15) is 0 Å². The highest BCUT2D eigenvalue weighted by Crippen LogP contribution is 2.30. The molecule has 11 heavy (non-hydrogen) atoms. The largest absolute Gasteiger partial charge is 0.306 e. The van der Waals surface area contributed by atoms with Crippen molar-refractivity contribution >= 4 is 0 Å². The van der Waals surface area contributed by atoms with E-state index in [1.54, 1.807) is 0 Å². The first-order chi connectivity index (χ1) is 4.66. The maximum absolute atomic E-state index is 3.86. The molecule has 0 N–H and O–H groups in total. The summed E-state index contributed by atoms with van der Waals surface area (Å²) in [6, 6.07) is 0. The van der Waals surface area contributed by atoms with Crippen molar-refractivity contribution in [2.24, 2.45) is 5.41 Å². The highest BCUT2D eigenvalue weighted by Gasteiger charge is 2.24. The number of likely N-dealkylation sites (tertiary alicyclic amines) is 1. The van der Waals surface area contributed by atoms with Crippen LogP contribution in [0, 0.1) is 5.41 Å². The molecule has 1 rings (SSSR count). The number of rotatable bonds is 1. The quantitative estimate of drug-likeness (QED) is 0.526. The third-order valence-corrected chi connectivity index (χ3v) is 2.62. The second kappa shape index (κ2) is 3.91. The molecule has 0 spiro atoms. The third-order valence-electron chi connectivity index (χ3n) is 2.62. The molecule has 0 atom stereocenters. The van der Waals surface area contributed by atoms with Crippen molar-refractivity contribution in [2.75, 3.05) is 20.1 Å². The zero-order chi connectivity index (χ0) is 7.61. The predicted molar refractivity (Wildman–Crippen MR) is 51.8 cm³/mol. The first kappa shape index (κ1) is 10.7. The lowest BCUT2D eigenvalue weighted by atomic mass is 9.81. The lowest BCUT2D eigenvalue weighted by molar-refractivity contribution is 0.180. The topological polar surface area (TPSA) is 3.24 Å². The van der Waals surface area contributed by atoms with E-state index in [1.807, 2.05) is 0 Å². The molecule has 0 radical (unpaired) electrons. The van der Waals surface area contributed by atoms with Crippen molar-refractivity contribution < 1.29 is 0 Å². The maximum atomic E-state index is 3.86. The molecular formula is C10H21N. The van der Waals surface area contributed by atoms with Crippen molar-refractivity contribution in [1.82, 2.24) is 4.90 Å². The van der Waals surface area contributed by atoms with Crippen LogP contribution in [-0.2, 0) is 0 Å². The van der Waals surface area contributed by atoms with Crippen LogP contribution in [0.4, 0.5) is 0 Å². The van der Waals surface area contributed by atoms with E-state index in [-0.39, 0.29) is 7.43 Å². The molecule has 0 amide bonds. The van der Waals surface area contributed by atoms with E-state index in [0.717, 1.165) is 0 Å². The summed E-state index contributed by atoms with van der Waals surface area (Å²) in [5, 5.41) is 0. The molecule has 66 valence electrons. The fourth-order valence-electron chi connectivity index (χ4n) is 1.33. The lowest BCUT2D eigenvalue weighted by Gasteiger charge is -2.35. The van der Waals surface area contributed by atoms with Crippen molar-refractivity contribution in [3.8, 4) is 0 Å². The van der Waals surface area contributed by atoms with Gasteiger partial charge in [-0.2, -0.15) is 0 Å². The van der Waals surface area contributed by atoms with Crippen molar-refractivity contribution in [2.45, 2.75) is 27.2 Å². The van der Waals surface area contributed by atoms with Crippen molar-refractivity contribution in [3.63, 3.8) is 0 Å². The highest BCUT2D eigenvalue weighted by molar-refractivity contribution is 4.94. The van der Waals surface area contributed by atoms with Crippen LogP contribution in [0.15, 0.2) is 12.7 Å². The van der Waals surface area contributed by atoms with Crippen molar-refractivity contribution in [3.05, 3.63) is 12.7 Å². The summed E-state index contributed by atoms with van der Waals surface area (Å²) in [4.78, 5) is 2.38. The minimum Gasteiger partial charge on any atom is -0.306 e. The number of nitrogens with zero attached hydrogens (tertiary/aromatic N) is 1. The Balaban J connectivity index is 0.000001000. The van der Waals surface area contributed by atoms with E-state index in [4.69, 9.17) is 0 Å². The molecule has 1 heterocycles. The molecule has 0 aromatic rings. The molecule has 1 aliphatic rings. The average molecular weight is 155 g/mol. The first-order valence-corrected chi connectivity index (χ1v) is 3.98. The second-order valence-corrected chi connectivity index (χ2v) is 3.66. The van der Waals surface area contributed by atoms with Gasteiger partial charge in [0.1, 0.15) is 0 Å². The normalized spacial score (nSPS) is 23.8. The minimum atomic E-state index is 0. The summed E-state index contributed by atoms with van der Waals surface area (Å²) in [7, 11) is 2.18. The van der Waals surface area contributed by atoms with Crippen LogP contribution < -0.4 is 0 Å². The maximum Gasteiger partial charge on any atom is -0.00136 e. The van der Waals surface area contributed by atoms with Gasteiger partial charge < -0.3 is 4.90 Å². The smallest absolute Gasteiger partial charge is 0.00136 e. The molecule has 0 saturated carbocycles. The third kappa shape index (κ3) is 2.66. The fraction of sp³-hybridized carbons (Fsp3) is 0.800. The van der Waals surface area contributed by atoms with Gasteiger partial charge in [-0.05, 0) is 38.4 Å². The average Bonchev–Trinajstić information content (AvgIpc) is 1.96. The zero-order valence-electron chi connectivity index (χ0n) is 7.06. The Morgan fingerprint density at radius 3 is 2.18 bits per heavy atom.